The Morgan fingerprint density at radius 1 is 1.15 bits per heavy atom. The summed E-state index contributed by atoms with van der Waals surface area (Å²) >= 11 is 0. The Bertz CT molecular complexity index is 683. The van der Waals surface area contributed by atoms with Crippen LogP contribution in [0.5, 0.6) is 0 Å². The highest BCUT2D eigenvalue weighted by molar-refractivity contribution is 5.96. The number of likely N-dealkylation sites (tertiary alicyclic amines) is 2. The fourth-order valence-corrected chi connectivity index (χ4v) is 4.02. The van der Waals surface area contributed by atoms with Gasteiger partial charge in [0, 0.05) is 43.5 Å². The van der Waals surface area contributed by atoms with Crippen LogP contribution in [0, 0.1) is 12.8 Å². The Morgan fingerprint density at radius 2 is 1.89 bits per heavy atom. The van der Waals surface area contributed by atoms with Crippen molar-refractivity contribution < 1.29 is 14.7 Å². The molecule has 2 N–H and O–H groups in total. The van der Waals surface area contributed by atoms with Crippen molar-refractivity contribution in [1.82, 2.24) is 9.80 Å². The van der Waals surface area contributed by atoms with E-state index in [1.807, 2.05) is 30.0 Å². The standard InChI is InChI=1S/C21H31N3O3/c1-15-13-18(20(26)24-10-4-3-5-16(24)2)6-7-19(15)22-21(27)23-11-8-17(14-25)9-12-23/h6-7,13,16-17,25H,3-5,8-12,14H2,1-2H3,(H,22,27). The molecule has 0 radical (unpaired) electrons. The number of aliphatic hydroxyl groups excluding tert-OH is 1. The zero-order valence-electron chi connectivity index (χ0n) is 16.4. The van der Waals surface area contributed by atoms with Gasteiger partial charge in [0.2, 0.25) is 0 Å². The maximum absolute atomic E-state index is 12.8. The summed E-state index contributed by atoms with van der Waals surface area (Å²) in [7, 11) is 0. The summed E-state index contributed by atoms with van der Waals surface area (Å²) in [6.45, 7) is 6.38. The fraction of sp³-hybridized carbons (Fsp3) is 0.619. The average Bonchev–Trinajstić information content (AvgIpc) is 2.69. The number of nitrogens with zero attached hydrogens (tertiary/aromatic N) is 2. The number of nitrogens with one attached hydrogen (secondary N) is 1. The average molecular weight is 373 g/mol. The first-order chi connectivity index (χ1) is 13.0. The van der Waals surface area contributed by atoms with Crippen molar-refractivity contribution in [3.05, 3.63) is 29.3 Å². The number of rotatable bonds is 3. The van der Waals surface area contributed by atoms with Crippen LogP contribution in [0.2, 0.25) is 0 Å². The van der Waals surface area contributed by atoms with Crippen LogP contribution in [0.3, 0.4) is 0 Å². The summed E-state index contributed by atoms with van der Waals surface area (Å²) in [5.41, 5.74) is 2.32. The molecule has 1 atom stereocenters. The molecule has 3 amide bonds. The highest BCUT2D eigenvalue weighted by Crippen LogP contribution is 2.23. The minimum Gasteiger partial charge on any atom is -0.396 e. The maximum Gasteiger partial charge on any atom is 0.321 e. The van der Waals surface area contributed by atoms with Gasteiger partial charge in [0.25, 0.3) is 5.91 Å². The molecule has 2 saturated heterocycles. The van der Waals surface area contributed by atoms with Crippen molar-refractivity contribution >= 4 is 17.6 Å². The van der Waals surface area contributed by atoms with E-state index < -0.39 is 0 Å². The lowest BCUT2D eigenvalue weighted by Crippen LogP contribution is -2.42. The molecule has 2 aliphatic heterocycles. The van der Waals surface area contributed by atoms with Gasteiger partial charge in [-0.05, 0) is 75.6 Å². The number of aryl methyl sites for hydroxylation is 1. The Kier molecular flexibility index (Phi) is 6.37. The molecule has 0 saturated carbocycles. The van der Waals surface area contributed by atoms with Gasteiger partial charge in [-0.3, -0.25) is 4.79 Å². The number of carbonyl (C=O) groups is 2. The third-order valence-electron chi connectivity index (χ3n) is 5.94. The third-order valence-corrected chi connectivity index (χ3v) is 5.94. The smallest absolute Gasteiger partial charge is 0.321 e. The fourth-order valence-electron chi connectivity index (χ4n) is 4.02. The van der Waals surface area contributed by atoms with Crippen molar-refractivity contribution in [2.45, 2.75) is 52.0 Å². The van der Waals surface area contributed by atoms with Gasteiger partial charge in [-0.25, -0.2) is 4.79 Å². The number of amides is 3. The number of benzene rings is 1. The van der Waals surface area contributed by atoms with Crippen LogP contribution in [0.25, 0.3) is 0 Å². The monoisotopic (exact) mass is 373 g/mol. The lowest BCUT2D eigenvalue weighted by Gasteiger charge is -2.33. The molecule has 2 heterocycles. The molecule has 6 heteroatoms. The molecule has 3 rings (SSSR count). The second-order valence-electron chi connectivity index (χ2n) is 7.92. The van der Waals surface area contributed by atoms with Gasteiger partial charge in [-0.2, -0.15) is 0 Å². The molecular weight excluding hydrogens is 342 g/mol. The maximum atomic E-state index is 12.8. The summed E-state index contributed by atoms with van der Waals surface area (Å²) in [4.78, 5) is 29.1. The predicted molar refractivity (Wildman–Crippen MR) is 106 cm³/mol. The van der Waals surface area contributed by atoms with Crippen molar-refractivity contribution in [2.24, 2.45) is 5.92 Å². The Morgan fingerprint density at radius 3 is 2.52 bits per heavy atom. The van der Waals surface area contributed by atoms with E-state index in [-0.39, 0.29) is 24.6 Å². The zero-order chi connectivity index (χ0) is 19.4. The van der Waals surface area contributed by atoms with Crippen LogP contribution in [-0.4, -0.2) is 59.1 Å². The van der Waals surface area contributed by atoms with E-state index in [4.69, 9.17) is 0 Å². The number of aliphatic hydroxyl groups is 1. The molecule has 2 fully saturated rings. The molecule has 0 spiro atoms. The highest BCUT2D eigenvalue weighted by Gasteiger charge is 2.25. The van der Waals surface area contributed by atoms with Gasteiger partial charge in [0.1, 0.15) is 0 Å². The van der Waals surface area contributed by atoms with E-state index in [0.717, 1.165) is 43.5 Å². The van der Waals surface area contributed by atoms with Crippen LogP contribution in [0.15, 0.2) is 18.2 Å². The first kappa shape index (κ1) is 19.7. The molecule has 0 aliphatic carbocycles. The van der Waals surface area contributed by atoms with Crippen LogP contribution in [0.4, 0.5) is 10.5 Å². The molecule has 1 unspecified atom stereocenters. The lowest BCUT2D eigenvalue weighted by atomic mass is 9.98. The highest BCUT2D eigenvalue weighted by atomic mass is 16.3. The van der Waals surface area contributed by atoms with Gasteiger partial charge in [-0.1, -0.05) is 0 Å². The van der Waals surface area contributed by atoms with Crippen molar-refractivity contribution in [3.8, 4) is 0 Å². The Hall–Kier alpha value is -2.08. The van der Waals surface area contributed by atoms with Crippen LogP contribution < -0.4 is 5.32 Å². The quantitative estimate of drug-likeness (QED) is 0.854. The Labute approximate surface area is 161 Å². The molecule has 27 heavy (non-hydrogen) atoms. The number of hydrogen-bond acceptors (Lipinski definition) is 3. The van der Waals surface area contributed by atoms with Gasteiger partial charge in [0.15, 0.2) is 0 Å². The number of piperidine rings is 2. The number of anilines is 1. The van der Waals surface area contributed by atoms with Crippen molar-refractivity contribution in [3.63, 3.8) is 0 Å². The molecule has 2 aliphatic rings. The van der Waals surface area contributed by atoms with E-state index in [9.17, 15) is 14.7 Å². The molecule has 6 nitrogen and oxygen atoms in total. The summed E-state index contributed by atoms with van der Waals surface area (Å²) in [5, 5.41) is 12.2. The van der Waals surface area contributed by atoms with Gasteiger partial charge < -0.3 is 20.2 Å². The second-order valence-corrected chi connectivity index (χ2v) is 7.92. The van der Waals surface area contributed by atoms with Crippen LogP contribution in [0.1, 0.15) is 54.9 Å². The second kappa shape index (κ2) is 8.74. The first-order valence-electron chi connectivity index (χ1n) is 10.1. The first-order valence-corrected chi connectivity index (χ1v) is 10.1. The summed E-state index contributed by atoms with van der Waals surface area (Å²) in [6.07, 6.45) is 4.99. The Balaban J connectivity index is 1.63. The zero-order valence-corrected chi connectivity index (χ0v) is 16.4. The molecule has 0 bridgehead atoms. The number of urea groups is 1. The summed E-state index contributed by atoms with van der Waals surface area (Å²) in [5.74, 6) is 0.382. The SMILES string of the molecule is Cc1cc(C(=O)N2CCCCC2C)ccc1NC(=O)N1CCC(CO)CC1. The van der Waals surface area contributed by atoms with Gasteiger partial charge in [-0.15, -0.1) is 0 Å². The largest absolute Gasteiger partial charge is 0.396 e. The van der Waals surface area contributed by atoms with Gasteiger partial charge >= 0.3 is 6.03 Å². The predicted octanol–water partition coefficient (Wildman–Crippen LogP) is 3.25. The molecule has 0 aromatic heterocycles. The molecule has 148 valence electrons. The van der Waals surface area contributed by atoms with E-state index >= 15 is 0 Å². The third kappa shape index (κ3) is 4.61. The summed E-state index contributed by atoms with van der Waals surface area (Å²) in [6, 6.07) is 5.68. The van der Waals surface area contributed by atoms with E-state index in [1.165, 1.54) is 6.42 Å². The lowest BCUT2D eigenvalue weighted by molar-refractivity contribution is 0.0635. The normalized spacial score (nSPS) is 21.2. The van der Waals surface area contributed by atoms with E-state index in [1.54, 1.807) is 4.90 Å². The van der Waals surface area contributed by atoms with Crippen molar-refractivity contribution in [1.29, 1.82) is 0 Å². The van der Waals surface area contributed by atoms with Gasteiger partial charge in [0.05, 0.1) is 0 Å². The van der Waals surface area contributed by atoms with Crippen LogP contribution >= 0.6 is 0 Å². The minimum absolute atomic E-state index is 0.0780. The molecular formula is C21H31N3O3. The molecule has 1 aromatic rings. The van der Waals surface area contributed by atoms with Crippen LogP contribution in [-0.2, 0) is 0 Å². The summed E-state index contributed by atoms with van der Waals surface area (Å²) < 4.78 is 0. The van der Waals surface area contributed by atoms with Crippen molar-refractivity contribution in [2.75, 3.05) is 31.6 Å². The van der Waals surface area contributed by atoms with E-state index in [0.29, 0.717) is 24.6 Å². The minimum atomic E-state index is -0.113. The number of hydrogen-bond donors (Lipinski definition) is 2. The topological polar surface area (TPSA) is 72.9 Å². The van der Waals surface area contributed by atoms with E-state index in [2.05, 4.69) is 12.2 Å². The molecule has 1 aromatic carbocycles. The number of carbonyl (C=O) groups excluding carboxylic acids is 2.